The summed E-state index contributed by atoms with van der Waals surface area (Å²) in [7, 11) is 0. The molecule has 0 saturated heterocycles. The molecule has 2 N–H and O–H groups in total. The van der Waals surface area contributed by atoms with E-state index >= 15 is 0 Å². The molecule has 2 aromatic rings. The van der Waals surface area contributed by atoms with Crippen molar-refractivity contribution in [2.45, 2.75) is 33.6 Å². The fourth-order valence-electron chi connectivity index (χ4n) is 2.80. The normalized spacial score (nSPS) is 10.2. The first kappa shape index (κ1) is 20.2. The number of anilines is 3. The molecule has 0 atom stereocenters. The van der Waals surface area contributed by atoms with Crippen molar-refractivity contribution in [2.75, 3.05) is 22.1 Å². The van der Waals surface area contributed by atoms with Crippen molar-refractivity contribution in [3.8, 4) is 0 Å². The van der Waals surface area contributed by atoms with Crippen LogP contribution in [-0.2, 0) is 20.8 Å². The molecule has 0 unspecified atom stereocenters. The number of aryl methyl sites for hydroxylation is 1. The van der Waals surface area contributed by atoms with Gasteiger partial charge in [0.2, 0.25) is 17.7 Å². The second-order valence-corrected chi connectivity index (χ2v) is 6.21. The van der Waals surface area contributed by atoms with Crippen LogP contribution in [0.15, 0.2) is 48.5 Å². The van der Waals surface area contributed by atoms with E-state index in [9.17, 15) is 14.4 Å². The van der Waals surface area contributed by atoms with E-state index in [4.69, 9.17) is 0 Å². The Morgan fingerprint density at radius 2 is 1.70 bits per heavy atom. The molecule has 2 aromatic carbocycles. The van der Waals surface area contributed by atoms with E-state index in [-0.39, 0.29) is 30.7 Å². The summed E-state index contributed by atoms with van der Waals surface area (Å²) in [5.74, 6) is -0.507. The molecule has 0 heterocycles. The van der Waals surface area contributed by atoms with Crippen molar-refractivity contribution in [3.05, 3.63) is 54.1 Å². The highest BCUT2D eigenvalue weighted by atomic mass is 16.2. The van der Waals surface area contributed by atoms with Crippen molar-refractivity contribution < 1.29 is 14.4 Å². The van der Waals surface area contributed by atoms with Gasteiger partial charge in [0.25, 0.3) is 0 Å². The smallest absolute Gasteiger partial charge is 0.226 e. The van der Waals surface area contributed by atoms with Crippen LogP contribution < -0.4 is 15.5 Å². The van der Waals surface area contributed by atoms with E-state index in [0.29, 0.717) is 11.4 Å². The van der Waals surface area contributed by atoms with Crippen LogP contribution in [0.3, 0.4) is 0 Å². The number of benzene rings is 2. The quantitative estimate of drug-likeness (QED) is 0.785. The molecular weight excluding hydrogens is 342 g/mol. The van der Waals surface area contributed by atoms with Gasteiger partial charge >= 0.3 is 0 Å². The van der Waals surface area contributed by atoms with Crippen LogP contribution in [0.1, 0.15) is 32.8 Å². The first-order valence-electron chi connectivity index (χ1n) is 8.94. The van der Waals surface area contributed by atoms with Crippen LogP contribution in [0.25, 0.3) is 0 Å². The number of rotatable bonds is 7. The first-order valence-corrected chi connectivity index (χ1v) is 8.94. The Morgan fingerprint density at radius 1 is 0.963 bits per heavy atom. The Kier molecular flexibility index (Phi) is 7.11. The highest BCUT2D eigenvalue weighted by Gasteiger charge is 2.15. The summed E-state index contributed by atoms with van der Waals surface area (Å²) in [6.07, 6.45) is 0.994. The zero-order chi connectivity index (χ0) is 19.8. The number of carbonyl (C=O) groups excluding carboxylic acids is 3. The van der Waals surface area contributed by atoms with E-state index in [1.165, 1.54) is 18.7 Å². The maximum atomic E-state index is 12.3. The third-order valence-corrected chi connectivity index (χ3v) is 4.09. The molecule has 0 fully saturated rings. The molecule has 0 radical (unpaired) electrons. The Morgan fingerprint density at radius 3 is 2.37 bits per heavy atom. The Bertz CT molecular complexity index is 833. The number of hydrogen-bond donors (Lipinski definition) is 2. The maximum absolute atomic E-state index is 12.3. The molecule has 6 heteroatoms. The van der Waals surface area contributed by atoms with Crippen LogP contribution in [-0.4, -0.2) is 24.3 Å². The average Bonchev–Trinajstić information content (AvgIpc) is 2.62. The van der Waals surface area contributed by atoms with Gasteiger partial charge in [-0.3, -0.25) is 14.4 Å². The lowest BCUT2D eigenvalue weighted by Crippen LogP contribution is -2.32. The highest BCUT2D eigenvalue weighted by Crippen LogP contribution is 2.21. The molecule has 3 amide bonds. The zero-order valence-corrected chi connectivity index (χ0v) is 15.9. The van der Waals surface area contributed by atoms with Crippen molar-refractivity contribution in [3.63, 3.8) is 0 Å². The van der Waals surface area contributed by atoms with Gasteiger partial charge in [0.15, 0.2) is 0 Å². The summed E-state index contributed by atoms with van der Waals surface area (Å²) in [6, 6.07) is 14.7. The van der Waals surface area contributed by atoms with Gasteiger partial charge in [-0.05, 0) is 36.2 Å². The van der Waals surface area contributed by atoms with Crippen LogP contribution in [0.5, 0.6) is 0 Å². The van der Waals surface area contributed by atoms with Crippen LogP contribution in [0.2, 0.25) is 0 Å². The molecule has 6 nitrogen and oxygen atoms in total. The van der Waals surface area contributed by atoms with Crippen LogP contribution in [0, 0.1) is 0 Å². The van der Waals surface area contributed by atoms with Crippen molar-refractivity contribution in [2.24, 2.45) is 0 Å². The summed E-state index contributed by atoms with van der Waals surface area (Å²) >= 11 is 0. The average molecular weight is 367 g/mol. The third-order valence-electron chi connectivity index (χ3n) is 4.09. The fourth-order valence-corrected chi connectivity index (χ4v) is 2.80. The van der Waals surface area contributed by atoms with Crippen molar-refractivity contribution in [1.29, 1.82) is 0 Å². The summed E-state index contributed by atoms with van der Waals surface area (Å²) < 4.78 is 0. The molecule has 0 aliphatic rings. The Labute approximate surface area is 159 Å². The maximum Gasteiger partial charge on any atom is 0.226 e. The molecule has 0 aliphatic heterocycles. The van der Waals surface area contributed by atoms with Crippen molar-refractivity contribution >= 4 is 34.8 Å². The van der Waals surface area contributed by atoms with Gasteiger partial charge in [-0.25, -0.2) is 0 Å². The predicted octanol–water partition coefficient (Wildman–Crippen LogP) is 3.59. The lowest BCUT2D eigenvalue weighted by atomic mass is 10.1. The topological polar surface area (TPSA) is 78.5 Å². The Balaban J connectivity index is 2.05. The van der Waals surface area contributed by atoms with Gasteiger partial charge in [-0.1, -0.05) is 31.2 Å². The van der Waals surface area contributed by atoms with Gasteiger partial charge in [0, 0.05) is 43.9 Å². The summed E-state index contributed by atoms with van der Waals surface area (Å²) in [6.45, 7) is 5.16. The van der Waals surface area contributed by atoms with E-state index in [1.54, 1.807) is 24.3 Å². The molecule has 0 bridgehead atoms. The standard InChI is InChI=1S/C21H25N3O3/c1-4-17-8-5-6-11-20(17)23-21(27)12-13-24(16(3)26)19-10-7-9-18(14-19)22-15(2)25/h5-11,14H,4,12-13H2,1-3H3,(H,22,25)(H,23,27). The Hall–Kier alpha value is -3.15. The lowest BCUT2D eigenvalue weighted by Gasteiger charge is -2.22. The number of carbonyl (C=O) groups is 3. The third kappa shape index (κ3) is 5.95. The summed E-state index contributed by atoms with van der Waals surface area (Å²) in [5.41, 5.74) is 3.10. The predicted molar refractivity (Wildman–Crippen MR) is 108 cm³/mol. The molecule has 0 spiro atoms. The minimum Gasteiger partial charge on any atom is -0.326 e. The van der Waals surface area contributed by atoms with Gasteiger partial charge in [0.1, 0.15) is 0 Å². The number of amides is 3. The number of para-hydroxylation sites is 1. The first-order chi connectivity index (χ1) is 12.9. The number of hydrogen-bond acceptors (Lipinski definition) is 3. The van der Waals surface area contributed by atoms with Crippen LogP contribution >= 0.6 is 0 Å². The monoisotopic (exact) mass is 367 g/mol. The molecule has 142 valence electrons. The minimum absolute atomic E-state index is 0.153. The molecule has 0 saturated carbocycles. The van der Waals surface area contributed by atoms with Gasteiger partial charge in [-0.2, -0.15) is 0 Å². The molecular formula is C21H25N3O3. The summed E-state index contributed by atoms with van der Waals surface area (Å²) in [4.78, 5) is 37.2. The van der Waals surface area contributed by atoms with E-state index in [2.05, 4.69) is 10.6 Å². The second kappa shape index (κ2) is 9.52. The van der Waals surface area contributed by atoms with Gasteiger partial charge < -0.3 is 15.5 Å². The van der Waals surface area contributed by atoms with Crippen molar-refractivity contribution in [1.82, 2.24) is 0 Å². The zero-order valence-electron chi connectivity index (χ0n) is 15.9. The molecule has 27 heavy (non-hydrogen) atoms. The molecule has 0 aliphatic carbocycles. The lowest BCUT2D eigenvalue weighted by molar-refractivity contribution is -0.117. The van der Waals surface area contributed by atoms with Gasteiger partial charge in [0.05, 0.1) is 0 Å². The SMILES string of the molecule is CCc1ccccc1NC(=O)CCN(C(C)=O)c1cccc(NC(C)=O)c1. The summed E-state index contributed by atoms with van der Waals surface area (Å²) in [5, 5.41) is 5.60. The minimum atomic E-state index is -0.185. The van der Waals surface area contributed by atoms with E-state index in [1.807, 2.05) is 31.2 Å². The van der Waals surface area contributed by atoms with E-state index in [0.717, 1.165) is 17.7 Å². The largest absolute Gasteiger partial charge is 0.326 e. The van der Waals surface area contributed by atoms with Crippen LogP contribution in [0.4, 0.5) is 17.1 Å². The fraction of sp³-hybridized carbons (Fsp3) is 0.286. The van der Waals surface area contributed by atoms with Gasteiger partial charge in [-0.15, -0.1) is 0 Å². The number of nitrogens with zero attached hydrogens (tertiary/aromatic N) is 1. The highest BCUT2D eigenvalue weighted by molar-refractivity contribution is 5.96. The van der Waals surface area contributed by atoms with E-state index < -0.39 is 0 Å². The molecule has 2 rings (SSSR count). The molecule has 0 aromatic heterocycles. The second-order valence-electron chi connectivity index (χ2n) is 6.21. The number of nitrogens with one attached hydrogen (secondary N) is 2.